The smallest absolute Gasteiger partial charge is 0.396 e. The average Bonchev–Trinajstić information content (AvgIpc) is 3.02. The summed E-state index contributed by atoms with van der Waals surface area (Å²) < 4.78 is 25.0. The highest BCUT2D eigenvalue weighted by Crippen LogP contribution is 2.34. The summed E-state index contributed by atoms with van der Waals surface area (Å²) in [7, 11) is 0. The number of carbonyl (C=O) groups excluding carboxylic acids is 1. The van der Waals surface area contributed by atoms with Gasteiger partial charge in [0.1, 0.15) is 11.6 Å². The van der Waals surface area contributed by atoms with E-state index in [0.29, 0.717) is 15.8 Å². The molecule has 4 nitrogen and oxygen atoms in total. The highest BCUT2D eigenvalue weighted by molar-refractivity contribution is 7.16. The second kappa shape index (κ2) is 6.57. The standard InChI is InChI=1S/C20H11FO4S/c21-16-9-5-4-8-14(16)19(22)24-13-10-15(12-6-2-1-3-7-12)18-17(11-13)26-20(23)25-18/h1-11H. The van der Waals surface area contributed by atoms with E-state index < -0.39 is 16.7 Å². The van der Waals surface area contributed by atoms with E-state index in [4.69, 9.17) is 9.15 Å². The molecule has 0 saturated heterocycles. The van der Waals surface area contributed by atoms with E-state index in [1.807, 2.05) is 30.3 Å². The van der Waals surface area contributed by atoms with Crippen LogP contribution in [0.2, 0.25) is 0 Å². The summed E-state index contributed by atoms with van der Waals surface area (Å²) in [5, 5.41) is 0. The summed E-state index contributed by atoms with van der Waals surface area (Å²) in [4.78, 5) is 23.5. The lowest BCUT2D eigenvalue weighted by Gasteiger charge is -2.08. The Balaban J connectivity index is 1.80. The fourth-order valence-electron chi connectivity index (χ4n) is 2.63. The van der Waals surface area contributed by atoms with E-state index in [0.717, 1.165) is 16.9 Å². The van der Waals surface area contributed by atoms with Gasteiger partial charge in [0.15, 0.2) is 5.58 Å². The van der Waals surface area contributed by atoms with Gasteiger partial charge in [-0.05, 0) is 23.8 Å². The zero-order valence-corrected chi connectivity index (χ0v) is 14.1. The number of fused-ring (bicyclic) bond motifs is 1. The number of rotatable bonds is 3. The third-order valence-electron chi connectivity index (χ3n) is 3.80. The second-order valence-electron chi connectivity index (χ2n) is 5.49. The monoisotopic (exact) mass is 366 g/mol. The maximum absolute atomic E-state index is 13.8. The molecule has 4 aromatic rings. The first-order chi connectivity index (χ1) is 12.6. The minimum Gasteiger partial charge on any atom is -0.423 e. The van der Waals surface area contributed by atoms with Crippen LogP contribution in [0.15, 0.2) is 75.9 Å². The van der Waals surface area contributed by atoms with Crippen molar-refractivity contribution in [3.8, 4) is 16.9 Å². The van der Waals surface area contributed by atoms with E-state index in [9.17, 15) is 14.0 Å². The Kier molecular flexibility index (Phi) is 4.10. The fourth-order valence-corrected chi connectivity index (χ4v) is 3.36. The lowest BCUT2D eigenvalue weighted by Crippen LogP contribution is -2.10. The molecule has 1 heterocycles. The van der Waals surface area contributed by atoms with Crippen molar-refractivity contribution in [2.24, 2.45) is 0 Å². The summed E-state index contributed by atoms with van der Waals surface area (Å²) in [6.07, 6.45) is 0. The predicted octanol–water partition coefficient (Wildman–Crippen LogP) is 4.88. The van der Waals surface area contributed by atoms with Gasteiger partial charge < -0.3 is 9.15 Å². The van der Waals surface area contributed by atoms with Crippen molar-refractivity contribution in [2.75, 3.05) is 0 Å². The molecule has 0 saturated carbocycles. The number of hydrogen-bond acceptors (Lipinski definition) is 5. The zero-order chi connectivity index (χ0) is 18.1. The van der Waals surface area contributed by atoms with Crippen molar-refractivity contribution >= 4 is 27.6 Å². The van der Waals surface area contributed by atoms with Gasteiger partial charge in [-0.3, -0.25) is 0 Å². The summed E-state index contributed by atoms with van der Waals surface area (Å²) in [5.41, 5.74) is 1.70. The van der Waals surface area contributed by atoms with Crippen LogP contribution >= 0.6 is 11.3 Å². The minimum absolute atomic E-state index is 0.158. The van der Waals surface area contributed by atoms with E-state index in [-0.39, 0.29) is 11.3 Å². The number of hydrogen-bond donors (Lipinski definition) is 0. The number of esters is 1. The Morgan fingerprint density at radius 1 is 1.00 bits per heavy atom. The van der Waals surface area contributed by atoms with Crippen molar-refractivity contribution in [3.05, 3.63) is 87.8 Å². The van der Waals surface area contributed by atoms with Gasteiger partial charge in [0.2, 0.25) is 0 Å². The average molecular weight is 366 g/mol. The maximum Gasteiger partial charge on any atom is 0.396 e. The molecule has 0 unspecified atom stereocenters. The first-order valence-corrected chi connectivity index (χ1v) is 8.53. The van der Waals surface area contributed by atoms with Crippen LogP contribution in [0.1, 0.15) is 10.4 Å². The Morgan fingerprint density at radius 3 is 2.50 bits per heavy atom. The van der Waals surface area contributed by atoms with Crippen molar-refractivity contribution in [3.63, 3.8) is 0 Å². The molecular formula is C20H11FO4S. The topological polar surface area (TPSA) is 56.5 Å². The molecule has 26 heavy (non-hydrogen) atoms. The molecule has 0 radical (unpaired) electrons. The molecule has 0 aliphatic rings. The Morgan fingerprint density at radius 2 is 1.73 bits per heavy atom. The highest BCUT2D eigenvalue weighted by atomic mass is 32.1. The third-order valence-corrected chi connectivity index (χ3v) is 4.57. The van der Waals surface area contributed by atoms with Gasteiger partial charge in [0.25, 0.3) is 0 Å². The second-order valence-corrected chi connectivity index (χ2v) is 6.46. The van der Waals surface area contributed by atoms with Gasteiger partial charge in [0.05, 0.1) is 10.3 Å². The number of halogens is 1. The fraction of sp³-hybridized carbons (Fsp3) is 0. The van der Waals surface area contributed by atoms with Crippen LogP contribution in [0.5, 0.6) is 5.75 Å². The molecule has 0 spiro atoms. The van der Waals surface area contributed by atoms with Gasteiger partial charge in [0, 0.05) is 11.6 Å². The molecule has 0 N–H and O–H groups in total. The summed E-state index contributed by atoms with van der Waals surface area (Å²) in [6.45, 7) is 0. The molecule has 1 aromatic heterocycles. The van der Waals surface area contributed by atoms with E-state index in [1.54, 1.807) is 12.1 Å². The van der Waals surface area contributed by atoms with E-state index >= 15 is 0 Å². The van der Waals surface area contributed by atoms with E-state index in [2.05, 4.69) is 0 Å². The van der Waals surface area contributed by atoms with Crippen LogP contribution in [0.25, 0.3) is 21.4 Å². The van der Waals surface area contributed by atoms with Gasteiger partial charge in [-0.2, -0.15) is 0 Å². The molecule has 0 amide bonds. The van der Waals surface area contributed by atoms with Crippen molar-refractivity contribution in [1.29, 1.82) is 0 Å². The van der Waals surface area contributed by atoms with Crippen LogP contribution in [-0.2, 0) is 0 Å². The summed E-state index contributed by atoms with van der Waals surface area (Å²) in [5.74, 6) is -1.26. The zero-order valence-electron chi connectivity index (χ0n) is 13.3. The first kappa shape index (κ1) is 16.2. The normalized spacial score (nSPS) is 10.8. The lowest BCUT2D eigenvalue weighted by molar-refractivity contribution is 0.0730. The summed E-state index contributed by atoms with van der Waals surface area (Å²) >= 11 is 0.914. The quantitative estimate of drug-likeness (QED) is 0.383. The van der Waals surface area contributed by atoms with Crippen LogP contribution in [-0.4, -0.2) is 5.97 Å². The maximum atomic E-state index is 13.8. The summed E-state index contributed by atoms with van der Waals surface area (Å²) in [6, 6.07) is 18.0. The number of carbonyl (C=O) groups is 1. The third kappa shape index (κ3) is 3.02. The van der Waals surface area contributed by atoms with E-state index in [1.165, 1.54) is 24.3 Å². The van der Waals surface area contributed by atoms with Crippen LogP contribution in [0.3, 0.4) is 0 Å². The SMILES string of the molecule is O=C(Oc1cc(-c2ccccc2)c2oc(=O)sc2c1)c1ccccc1F. The Labute approximate surface area is 151 Å². The van der Waals surface area contributed by atoms with Crippen molar-refractivity contribution < 1.29 is 18.3 Å². The Hall–Kier alpha value is -3.25. The van der Waals surface area contributed by atoms with Crippen LogP contribution < -0.4 is 9.68 Å². The van der Waals surface area contributed by atoms with Crippen LogP contribution in [0.4, 0.5) is 4.39 Å². The molecule has 0 bridgehead atoms. The predicted molar refractivity (Wildman–Crippen MR) is 97.2 cm³/mol. The molecule has 0 fully saturated rings. The minimum atomic E-state index is -0.808. The van der Waals surface area contributed by atoms with Crippen LogP contribution in [0, 0.1) is 5.82 Å². The first-order valence-electron chi connectivity index (χ1n) is 7.71. The largest absolute Gasteiger partial charge is 0.423 e. The van der Waals surface area contributed by atoms with Gasteiger partial charge >= 0.3 is 10.9 Å². The van der Waals surface area contributed by atoms with Crippen molar-refractivity contribution in [2.45, 2.75) is 0 Å². The Bertz CT molecular complexity index is 1160. The molecule has 128 valence electrons. The van der Waals surface area contributed by atoms with Crippen molar-refractivity contribution in [1.82, 2.24) is 0 Å². The molecule has 4 rings (SSSR count). The molecule has 0 aliphatic heterocycles. The van der Waals surface area contributed by atoms with Gasteiger partial charge in [-0.15, -0.1) is 0 Å². The number of benzene rings is 3. The molecule has 3 aromatic carbocycles. The molecule has 0 atom stereocenters. The molecule has 0 aliphatic carbocycles. The number of ether oxygens (including phenoxy) is 1. The van der Waals surface area contributed by atoms with Gasteiger partial charge in [-0.1, -0.05) is 53.8 Å². The molecular weight excluding hydrogens is 355 g/mol. The van der Waals surface area contributed by atoms with Gasteiger partial charge in [-0.25, -0.2) is 14.0 Å². The highest BCUT2D eigenvalue weighted by Gasteiger charge is 2.17. The molecule has 6 heteroatoms. The lowest BCUT2D eigenvalue weighted by atomic mass is 10.0.